The van der Waals surface area contributed by atoms with Gasteiger partial charge in [0.25, 0.3) is 0 Å². The average molecular weight is 289 g/mol. The van der Waals surface area contributed by atoms with Gasteiger partial charge in [-0.05, 0) is 25.0 Å². The van der Waals surface area contributed by atoms with Crippen LogP contribution in [0.25, 0.3) is 0 Å². The molecule has 0 amide bonds. The molecule has 0 spiro atoms. The molecule has 1 aromatic heterocycles. The van der Waals surface area contributed by atoms with Crippen LogP contribution in [-0.4, -0.2) is 37.3 Å². The second-order valence-electron chi connectivity index (χ2n) is 4.72. The van der Waals surface area contributed by atoms with Crippen molar-refractivity contribution in [3.63, 3.8) is 0 Å². The van der Waals surface area contributed by atoms with Gasteiger partial charge in [-0.1, -0.05) is 0 Å². The van der Waals surface area contributed by atoms with E-state index in [0.717, 1.165) is 6.07 Å². The van der Waals surface area contributed by atoms with Gasteiger partial charge in [-0.2, -0.15) is 13.2 Å². The largest absolute Gasteiger partial charge is 0.419 e. The highest BCUT2D eigenvalue weighted by Crippen LogP contribution is 2.36. The standard InChI is InChI=1S/C13H18F3N3O/c14-13(15,16)11-2-1-6-18-12(11)19-7-3-10(4-8-19)20-9-5-17/h1-2,6,10H,3-5,7-9,17H2. The summed E-state index contributed by atoms with van der Waals surface area (Å²) < 4.78 is 44.3. The quantitative estimate of drug-likeness (QED) is 0.921. The molecular weight excluding hydrogens is 271 g/mol. The van der Waals surface area contributed by atoms with Crippen molar-refractivity contribution in [2.24, 2.45) is 5.73 Å². The molecule has 1 aromatic rings. The summed E-state index contributed by atoms with van der Waals surface area (Å²) in [5, 5.41) is 0. The van der Waals surface area contributed by atoms with E-state index < -0.39 is 11.7 Å². The number of nitrogens with zero attached hydrogens (tertiary/aromatic N) is 2. The molecule has 0 unspecified atom stereocenters. The minimum absolute atomic E-state index is 0.0114. The Balaban J connectivity index is 2.04. The number of anilines is 1. The highest BCUT2D eigenvalue weighted by Gasteiger charge is 2.36. The fourth-order valence-electron chi connectivity index (χ4n) is 2.34. The van der Waals surface area contributed by atoms with Crippen molar-refractivity contribution < 1.29 is 17.9 Å². The van der Waals surface area contributed by atoms with Crippen molar-refractivity contribution in [3.05, 3.63) is 23.9 Å². The summed E-state index contributed by atoms with van der Waals surface area (Å²) >= 11 is 0. The molecule has 20 heavy (non-hydrogen) atoms. The zero-order chi connectivity index (χ0) is 14.6. The maximum atomic E-state index is 12.9. The summed E-state index contributed by atoms with van der Waals surface area (Å²) in [5.74, 6) is 0.0114. The van der Waals surface area contributed by atoms with Gasteiger partial charge in [-0.15, -0.1) is 0 Å². The van der Waals surface area contributed by atoms with E-state index in [2.05, 4.69) is 4.98 Å². The van der Waals surface area contributed by atoms with E-state index in [0.29, 0.717) is 39.1 Å². The predicted octanol–water partition coefficient (Wildman–Crippen LogP) is 2.04. The third-order valence-electron chi connectivity index (χ3n) is 3.31. The minimum Gasteiger partial charge on any atom is -0.377 e. The van der Waals surface area contributed by atoms with Crippen LogP contribution in [-0.2, 0) is 10.9 Å². The zero-order valence-electron chi connectivity index (χ0n) is 11.1. The van der Waals surface area contributed by atoms with Crippen LogP contribution in [0.1, 0.15) is 18.4 Å². The fraction of sp³-hybridized carbons (Fsp3) is 0.615. The topological polar surface area (TPSA) is 51.4 Å². The number of pyridine rings is 1. The van der Waals surface area contributed by atoms with E-state index in [-0.39, 0.29) is 11.9 Å². The molecule has 0 bridgehead atoms. The predicted molar refractivity (Wildman–Crippen MR) is 69.5 cm³/mol. The average Bonchev–Trinajstić information content (AvgIpc) is 2.45. The molecular formula is C13H18F3N3O. The highest BCUT2D eigenvalue weighted by atomic mass is 19.4. The molecule has 0 saturated carbocycles. The number of nitrogens with two attached hydrogens (primary N) is 1. The van der Waals surface area contributed by atoms with Crippen molar-refractivity contribution in [1.82, 2.24) is 4.98 Å². The Morgan fingerprint density at radius 3 is 2.65 bits per heavy atom. The number of rotatable bonds is 4. The Labute approximate surface area is 115 Å². The Morgan fingerprint density at radius 2 is 2.05 bits per heavy atom. The minimum atomic E-state index is -4.38. The second-order valence-corrected chi connectivity index (χ2v) is 4.72. The molecule has 0 radical (unpaired) electrons. The maximum Gasteiger partial charge on any atom is 0.419 e. The third kappa shape index (κ3) is 3.61. The summed E-state index contributed by atoms with van der Waals surface area (Å²) in [6, 6.07) is 2.38. The first-order chi connectivity index (χ1) is 9.52. The number of piperidine rings is 1. The summed E-state index contributed by atoms with van der Waals surface area (Å²) in [6.45, 7) is 1.96. The van der Waals surface area contributed by atoms with Crippen molar-refractivity contribution in [2.45, 2.75) is 25.1 Å². The SMILES string of the molecule is NCCOC1CCN(c2ncccc2C(F)(F)F)CC1. The molecule has 7 heteroatoms. The lowest BCUT2D eigenvalue weighted by atomic mass is 10.1. The van der Waals surface area contributed by atoms with E-state index in [4.69, 9.17) is 10.5 Å². The van der Waals surface area contributed by atoms with Gasteiger partial charge in [0.05, 0.1) is 18.3 Å². The smallest absolute Gasteiger partial charge is 0.377 e. The maximum absolute atomic E-state index is 12.9. The van der Waals surface area contributed by atoms with Crippen LogP contribution in [0.15, 0.2) is 18.3 Å². The number of halogens is 3. The first-order valence-electron chi connectivity index (χ1n) is 6.61. The molecule has 1 saturated heterocycles. The molecule has 1 fully saturated rings. The van der Waals surface area contributed by atoms with Crippen LogP contribution >= 0.6 is 0 Å². The van der Waals surface area contributed by atoms with Gasteiger partial charge in [0.1, 0.15) is 5.82 Å². The molecule has 2 rings (SSSR count). The molecule has 1 aliphatic rings. The van der Waals surface area contributed by atoms with Crippen LogP contribution in [0.4, 0.5) is 19.0 Å². The van der Waals surface area contributed by atoms with Crippen molar-refractivity contribution in [1.29, 1.82) is 0 Å². The molecule has 0 atom stereocenters. The normalized spacial score (nSPS) is 17.5. The Hall–Kier alpha value is -1.34. The first kappa shape index (κ1) is 15.1. The van der Waals surface area contributed by atoms with Crippen LogP contribution < -0.4 is 10.6 Å². The van der Waals surface area contributed by atoms with Crippen LogP contribution in [0.5, 0.6) is 0 Å². The number of alkyl halides is 3. The summed E-state index contributed by atoms with van der Waals surface area (Å²) in [6.07, 6.45) is -1.53. The molecule has 112 valence electrons. The van der Waals surface area contributed by atoms with Crippen molar-refractivity contribution in [3.8, 4) is 0 Å². The Kier molecular flexibility index (Phi) is 4.82. The molecule has 1 aliphatic heterocycles. The van der Waals surface area contributed by atoms with E-state index in [1.165, 1.54) is 12.3 Å². The number of hydrogen-bond acceptors (Lipinski definition) is 4. The zero-order valence-corrected chi connectivity index (χ0v) is 11.1. The molecule has 2 N–H and O–H groups in total. The van der Waals surface area contributed by atoms with Gasteiger partial charge in [0.2, 0.25) is 0 Å². The second kappa shape index (κ2) is 6.41. The molecule has 0 aromatic carbocycles. The molecule has 4 nitrogen and oxygen atoms in total. The number of ether oxygens (including phenoxy) is 1. The van der Waals surface area contributed by atoms with E-state index >= 15 is 0 Å². The third-order valence-corrected chi connectivity index (χ3v) is 3.31. The summed E-state index contributed by atoms with van der Waals surface area (Å²) in [7, 11) is 0. The lowest BCUT2D eigenvalue weighted by Gasteiger charge is -2.33. The van der Waals surface area contributed by atoms with E-state index in [1.54, 1.807) is 4.90 Å². The number of aromatic nitrogens is 1. The van der Waals surface area contributed by atoms with Crippen molar-refractivity contribution >= 4 is 5.82 Å². The summed E-state index contributed by atoms with van der Waals surface area (Å²) in [4.78, 5) is 5.57. The van der Waals surface area contributed by atoms with Crippen molar-refractivity contribution in [2.75, 3.05) is 31.1 Å². The van der Waals surface area contributed by atoms with Gasteiger partial charge in [0, 0.05) is 25.8 Å². The van der Waals surface area contributed by atoms with E-state index in [1.807, 2.05) is 0 Å². The van der Waals surface area contributed by atoms with Gasteiger partial charge < -0.3 is 15.4 Å². The lowest BCUT2D eigenvalue weighted by Crippen LogP contribution is -2.39. The van der Waals surface area contributed by atoms with Gasteiger partial charge in [0.15, 0.2) is 0 Å². The molecule has 2 heterocycles. The summed E-state index contributed by atoms with van der Waals surface area (Å²) in [5.41, 5.74) is 4.68. The van der Waals surface area contributed by atoms with Gasteiger partial charge in [-0.3, -0.25) is 0 Å². The van der Waals surface area contributed by atoms with Crippen LogP contribution in [0.3, 0.4) is 0 Å². The van der Waals surface area contributed by atoms with Gasteiger partial charge >= 0.3 is 6.18 Å². The molecule has 0 aliphatic carbocycles. The van der Waals surface area contributed by atoms with E-state index in [9.17, 15) is 13.2 Å². The highest BCUT2D eigenvalue weighted by molar-refractivity contribution is 5.48. The number of hydrogen-bond donors (Lipinski definition) is 1. The first-order valence-corrected chi connectivity index (χ1v) is 6.61. The fourth-order valence-corrected chi connectivity index (χ4v) is 2.34. The van der Waals surface area contributed by atoms with Gasteiger partial charge in [-0.25, -0.2) is 4.98 Å². The lowest BCUT2D eigenvalue weighted by molar-refractivity contribution is -0.137. The monoisotopic (exact) mass is 289 g/mol. The van der Waals surface area contributed by atoms with Crippen LogP contribution in [0, 0.1) is 0 Å². The Morgan fingerprint density at radius 1 is 1.35 bits per heavy atom. The van der Waals surface area contributed by atoms with Crippen LogP contribution in [0.2, 0.25) is 0 Å². The Bertz CT molecular complexity index is 431.